The number of hydrogen-bond acceptors (Lipinski definition) is 0. The third-order valence-corrected chi connectivity index (χ3v) is 0. The molecule has 0 saturated heterocycles. The van der Waals surface area contributed by atoms with E-state index in [1.165, 1.54) is 0 Å². The molecule has 4 N–H and O–H groups in total. The van der Waals surface area contributed by atoms with Gasteiger partial charge in [-0.2, -0.15) is 0 Å². The van der Waals surface area contributed by atoms with Crippen molar-refractivity contribution in [1.82, 2.24) is 0 Å². The maximum atomic E-state index is 0. The minimum atomic E-state index is 0. The van der Waals surface area contributed by atoms with Gasteiger partial charge < -0.3 is 11.0 Å². The summed E-state index contributed by atoms with van der Waals surface area (Å²) in [5.74, 6) is 0. The quantitative estimate of drug-likeness (QED) is 0.411. The molecule has 0 heterocycles. The third kappa shape index (κ3) is 8.99. The van der Waals surface area contributed by atoms with E-state index in [1.807, 2.05) is 0 Å². The third-order valence-electron chi connectivity index (χ3n) is 0. The zero-order chi connectivity index (χ0) is 0. The van der Waals surface area contributed by atoms with Crippen LogP contribution >= 0.6 is 0 Å². The van der Waals surface area contributed by atoms with Crippen molar-refractivity contribution in [2.45, 2.75) is 0 Å². The molecule has 0 rings (SSSR count). The van der Waals surface area contributed by atoms with Crippen molar-refractivity contribution in [3.05, 3.63) is 0 Å². The monoisotopic (exact) mass is 232 g/mol. The van der Waals surface area contributed by atoms with Crippen LogP contribution in [-0.2, 0) is 17.1 Å². The predicted octanol–water partition coefficient (Wildman–Crippen LogP) is -2.57. The zero-order valence-corrected chi connectivity index (χ0v) is 2.46. The van der Waals surface area contributed by atoms with Gasteiger partial charge in [0.15, 0.2) is 0 Å². The van der Waals surface area contributed by atoms with Gasteiger partial charge in [0.1, 0.15) is 0 Å². The van der Waals surface area contributed by atoms with Gasteiger partial charge in [0.05, 0.1) is 0 Å². The standard InChI is InChI=1S/Ba.Fe.2H2O.2H/h;;2*1H2;;. The predicted molar refractivity (Wildman–Crippen MR) is 15.8 cm³/mol. The Morgan fingerprint density at radius 3 is 0.750 bits per heavy atom. The van der Waals surface area contributed by atoms with Gasteiger partial charge in [-0.15, -0.1) is 0 Å². The van der Waals surface area contributed by atoms with Crippen LogP contribution < -0.4 is 0 Å². The van der Waals surface area contributed by atoms with E-state index in [4.69, 9.17) is 0 Å². The Morgan fingerprint density at radius 2 is 0.750 bits per heavy atom. The molecule has 0 amide bonds. The molecule has 0 spiro atoms. The van der Waals surface area contributed by atoms with Gasteiger partial charge in [0.2, 0.25) is 0 Å². The molecule has 0 aromatic carbocycles. The molecular formula is H6BaFeO2. The van der Waals surface area contributed by atoms with E-state index in [2.05, 4.69) is 0 Å². The topological polar surface area (TPSA) is 63.0 Å². The smallest absolute Gasteiger partial charge is 0 e. The van der Waals surface area contributed by atoms with Gasteiger partial charge in [-0.25, -0.2) is 0 Å². The maximum absolute atomic E-state index is 0. The molecule has 0 radical (unpaired) electrons. The molecule has 0 unspecified atom stereocenters. The summed E-state index contributed by atoms with van der Waals surface area (Å²) >= 11 is 0. The van der Waals surface area contributed by atoms with Crippen LogP contribution in [0.15, 0.2) is 0 Å². The van der Waals surface area contributed by atoms with Crippen molar-refractivity contribution in [3.63, 3.8) is 0 Å². The summed E-state index contributed by atoms with van der Waals surface area (Å²) in [4.78, 5) is 0. The first kappa shape index (κ1) is 37.3. The normalized spacial score (nSPS) is 0. The minimum Gasteiger partial charge on any atom is 0 e. The fourth-order valence-electron chi connectivity index (χ4n) is 0. The Balaban J connectivity index is 0. The van der Waals surface area contributed by atoms with Crippen LogP contribution in [0.25, 0.3) is 0 Å². The van der Waals surface area contributed by atoms with Crippen molar-refractivity contribution in [1.29, 1.82) is 0 Å². The van der Waals surface area contributed by atoms with E-state index in [0.717, 1.165) is 0 Å². The molecule has 4 heteroatoms. The van der Waals surface area contributed by atoms with Crippen molar-refractivity contribution >= 4 is 48.9 Å². The second kappa shape index (κ2) is 19.9. The summed E-state index contributed by atoms with van der Waals surface area (Å²) in [6.45, 7) is 0. The molecule has 0 atom stereocenters. The van der Waals surface area contributed by atoms with E-state index < -0.39 is 0 Å². The Hall–Kier alpha value is 2.01. The van der Waals surface area contributed by atoms with Crippen LogP contribution in [-0.4, -0.2) is 59.8 Å². The van der Waals surface area contributed by atoms with Gasteiger partial charge in [-0.3, -0.25) is 0 Å². The molecule has 0 aliphatic rings. The van der Waals surface area contributed by atoms with E-state index in [0.29, 0.717) is 0 Å². The summed E-state index contributed by atoms with van der Waals surface area (Å²) in [5.41, 5.74) is 0. The van der Waals surface area contributed by atoms with Gasteiger partial charge in [0, 0.05) is 17.1 Å². The van der Waals surface area contributed by atoms with Gasteiger partial charge in [0.25, 0.3) is 0 Å². The van der Waals surface area contributed by atoms with E-state index in [-0.39, 0.29) is 76.9 Å². The Morgan fingerprint density at radius 1 is 0.750 bits per heavy atom. The fraction of sp³-hybridized carbons (Fsp3) is 0. The van der Waals surface area contributed by atoms with Crippen molar-refractivity contribution < 1.29 is 28.0 Å². The number of rotatable bonds is 0. The molecule has 0 saturated carbocycles. The second-order valence-electron chi connectivity index (χ2n) is 0. The molecular weight excluding hydrogens is 225 g/mol. The van der Waals surface area contributed by atoms with Crippen LogP contribution in [0.2, 0.25) is 0 Å². The largest absolute Gasteiger partial charge is 0 e. The summed E-state index contributed by atoms with van der Waals surface area (Å²) < 4.78 is 0. The first-order chi connectivity index (χ1) is 0. The average Bonchev–Trinajstić information content (AvgIpc) is 0. The average molecular weight is 231 g/mol. The molecule has 0 fully saturated rings. The second-order valence-corrected chi connectivity index (χ2v) is 0. The molecule has 0 aliphatic carbocycles. The van der Waals surface area contributed by atoms with Crippen molar-refractivity contribution in [2.24, 2.45) is 0 Å². The summed E-state index contributed by atoms with van der Waals surface area (Å²) in [6, 6.07) is 0. The Bertz CT molecular complexity index is 6.00. The van der Waals surface area contributed by atoms with E-state index in [1.54, 1.807) is 0 Å². The molecule has 0 bridgehead atoms. The molecule has 0 aromatic heterocycles. The Labute approximate surface area is 75.5 Å². The van der Waals surface area contributed by atoms with Crippen LogP contribution in [0, 0.1) is 0 Å². The number of hydrogen-bond donors (Lipinski definition) is 0. The molecule has 0 aliphatic heterocycles. The molecule has 0 aromatic rings. The maximum Gasteiger partial charge on any atom is 0 e. The summed E-state index contributed by atoms with van der Waals surface area (Å²) in [6.07, 6.45) is 0. The first-order valence-corrected chi connectivity index (χ1v) is 0. The molecule has 2 nitrogen and oxygen atoms in total. The van der Waals surface area contributed by atoms with Gasteiger partial charge in [-0.05, 0) is 0 Å². The zero-order valence-electron chi connectivity index (χ0n) is 1.35. The van der Waals surface area contributed by atoms with Crippen LogP contribution in [0.3, 0.4) is 0 Å². The van der Waals surface area contributed by atoms with Crippen LogP contribution in [0.5, 0.6) is 0 Å². The summed E-state index contributed by atoms with van der Waals surface area (Å²) in [5, 5.41) is 0. The van der Waals surface area contributed by atoms with Gasteiger partial charge >= 0.3 is 48.9 Å². The molecule has 4 heavy (non-hydrogen) atoms. The van der Waals surface area contributed by atoms with E-state index >= 15 is 0 Å². The minimum absolute atomic E-state index is 0. The molecule has 28 valence electrons. The van der Waals surface area contributed by atoms with E-state index in [9.17, 15) is 0 Å². The van der Waals surface area contributed by atoms with Crippen molar-refractivity contribution in [3.8, 4) is 0 Å². The van der Waals surface area contributed by atoms with Gasteiger partial charge in [-0.1, -0.05) is 0 Å². The van der Waals surface area contributed by atoms with Crippen molar-refractivity contribution in [2.75, 3.05) is 0 Å². The summed E-state index contributed by atoms with van der Waals surface area (Å²) in [7, 11) is 0. The first-order valence-electron chi connectivity index (χ1n) is 0. The van der Waals surface area contributed by atoms with Crippen LogP contribution in [0.1, 0.15) is 0 Å². The fourth-order valence-corrected chi connectivity index (χ4v) is 0. The van der Waals surface area contributed by atoms with Crippen LogP contribution in [0.4, 0.5) is 0 Å². The Kier molecular flexibility index (Phi) is 186. The SMILES string of the molecule is O.O.[BaH2].[Fe].